The van der Waals surface area contributed by atoms with Gasteiger partial charge in [-0.15, -0.1) is 0 Å². The first kappa shape index (κ1) is 12.8. The fraction of sp³-hybridized carbons (Fsp3) is 0.0833. The number of rotatable bonds is 2. The molecule has 0 saturated carbocycles. The Morgan fingerprint density at radius 2 is 2.11 bits per heavy atom. The average molecular weight is 279 g/mol. The molecule has 0 atom stereocenters. The van der Waals surface area contributed by atoms with Crippen molar-refractivity contribution in [2.75, 3.05) is 7.05 Å². The van der Waals surface area contributed by atoms with Gasteiger partial charge in [0.1, 0.15) is 4.32 Å². The number of amides is 1. The van der Waals surface area contributed by atoms with Gasteiger partial charge in [-0.1, -0.05) is 42.2 Å². The van der Waals surface area contributed by atoms with E-state index in [2.05, 4.69) is 0 Å². The van der Waals surface area contributed by atoms with Crippen molar-refractivity contribution in [3.63, 3.8) is 0 Å². The lowest BCUT2D eigenvalue weighted by Gasteiger charge is -2.04. The minimum Gasteiger partial charge on any atom is -0.478 e. The lowest BCUT2D eigenvalue weighted by molar-refractivity contribution is -0.121. The highest BCUT2D eigenvalue weighted by Gasteiger charge is 2.28. The Balaban J connectivity index is 2.43. The minimum atomic E-state index is -1.02. The normalized spacial score (nSPS) is 17.6. The van der Waals surface area contributed by atoms with Crippen LogP contribution in [-0.4, -0.2) is 33.3 Å². The van der Waals surface area contributed by atoms with Crippen molar-refractivity contribution in [3.05, 3.63) is 40.3 Å². The average Bonchev–Trinajstić information content (AvgIpc) is 2.57. The standard InChI is InChI=1S/C12H9NO3S2/c1-13-10(14)9(18-12(13)17)6-7-4-2-3-5-8(7)11(15)16/h2-6H,1H3,(H,15,16)/b9-6+. The summed E-state index contributed by atoms with van der Waals surface area (Å²) in [5, 5.41) is 9.05. The molecule has 0 spiro atoms. The Bertz CT molecular complexity index is 580. The summed E-state index contributed by atoms with van der Waals surface area (Å²) >= 11 is 6.18. The maximum atomic E-state index is 11.8. The van der Waals surface area contributed by atoms with Gasteiger partial charge in [0.15, 0.2) is 0 Å². The number of benzene rings is 1. The van der Waals surface area contributed by atoms with Gasteiger partial charge in [0.2, 0.25) is 0 Å². The number of likely N-dealkylation sites (N-methyl/N-ethyl adjacent to an activating group) is 1. The highest BCUT2D eigenvalue weighted by molar-refractivity contribution is 8.26. The van der Waals surface area contributed by atoms with Gasteiger partial charge < -0.3 is 5.11 Å². The first-order chi connectivity index (χ1) is 8.50. The minimum absolute atomic E-state index is 0.166. The van der Waals surface area contributed by atoms with Gasteiger partial charge >= 0.3 is 5.97 Å². The molecule has 92 valence electrons. The molecule has 1 heterocycles. The van der Waals surface area contributed by atoms with E-state index >= 15 is 0 Å². The zero-order valence-corrected chi connectivity index (χ0v) is 11.0. The predicted molar refractivity (Wildman–Crippen MR) is 74.3 cm³/mol. The summed E-state index contributed by atoms with van der Waals surface area (Å²) in [6, 6.07) is 6.53. The molecular weight excluding hydrogens is 270 g/mol. The highest BCUT2D eigenvalue weighted by atomic mass is 32.2. The molecule has 18 heavy (non-hydrogen) atoms. The molecule has 0 aromatic heterocycles. The molecule has 1 aliphatic rings. The lowest BCUT2D eigenvalue weighted by atomic mass is 10.1. The molecule has 6 heteroatoms. The van der Waals surface area contributed by atoms with Crippen LogP contribution in [0, 0.1) is 0 Å². The van der Waals surface area contributed by atoms with Crippen molar-refractivity contribution in [2.45, 2.75) is 0 Å². The second kappa shape index (κ2) is 4.91. The van der Waals surface area contributed by atoms with Crippen LogP contribution in [0.5, 0.6) is 0 Å². The van der Waals surface area contributed by atoms with Gasteiger partial charge in [-0.2, -0.15) is 0 Å². The Morgan fingerprint density at radius 1 is 1.44 bits per heavy atom. The molecule has 1 aromatic carbocycles. The number of carbonyl (C=O) groups is 2. The van der Waals surface area contributed by atoms with E-state index in [-0.39, 0.29) is 11.5 Å². The molecule has 4 nitrogen and oxygen atoms in total. The summed E-state index contributed by atoms with van der Waals surface area (Å²) in [5.74, 6) is -1.22. The maximum absolute atomic E-state index is 11.8. The topological polar surface area (TPSA) is 57.6 Å². The zero-order valence-electron chi connectivity index (χ0n) is 9.41. The number of carboxylic acid groups (broad SMARTS) is 1. The molecule has 1 amide bonds. The van der Waals surface area contributed by atoms with E-state index in [1.54, 1.807) is 31.3 Å². The third-order valence-corrected chi connectivity index (χ3v) is 3.95. The van der Waals surface area contributed by atoms with Gasteiger partial charge in [-0.05, 0) is 17.7 Å². The van der Waals surface area contributed by atoms with Gasteiger partial charge in [0, 0.05) is 7.05 Å². The van der Waals surface area contributed by atoms with Gasteiger partial charge in [0.05, 0.1) is 10.5 Å². The number of hydrogen-bond donors (Lipinski definition) is 1. The van der Waals surface area contributed by atoms with Crippen molar-refractivity contribution in [1.82, 2.24) is 4.90 Å². The number of nitrogens with zero attached hydrogens (tertiary/aromatic N) is 1. The highest BCUT2D eigenvalue weighted by Crippen LogP contribution is 2.31. The monoisotopic (exact) mass is 279 g/mol. The molecule has 0 aliphatic carbocycles. The van der Waals surface area contributed by atoms with E-state index < -0.39 is 5.97 Å². The molecule has 1 fully saturated rings. The molecule has 1 saturated heterocycles. The lowest BCUT2D eigenvalue weighted by Crippen LogP contribution is -2.22. The van der Waals surface area contributed by atoms with Crippen molar-refractivity contribution < 1.29 is 14.7 Å². The zero-order chi connectivity index (χ0) is 13.3. The fourth-order valence-corrected chi connectivity index (χ4v) is 2.67. The molecular formula is C12H9NO3S2. The van der Waals surface area contributed by atoms with Crippen molar-refractivity contribution in [1.29, 1.82) is 0 Å². The summed E-state index contributed by atoms with van der Waals surface area (Å²) in [5.41, 5.74) is 0.665. The van der Waals surface area contributed by atoms with Crippen LogP contribution in [0.2, 0.25) is 0 Å². The molecule has 2 rings (SSSR count). The molecule has 0 radical (unpaired) electrons. The van der Waals surface area contributed by atoms with Crippen molar-refractivity contribution >= 4 is 46.3 Å². The maximum Gasteiger partial charge on any atom is 0.336 e. The van der Waals surface area contributed by atoms with Crippen LogP contribution in [-0.2, 0) is 4.79 Å². The Hall–Kier alpha value is -1.66. The van der Waals surface area contributed by atoms with E-state index in [4.69, 9.17) is 17.3 Å². The summed E-state index contributed by atoms with van der Waals surface area (Å²) in [7, 11) is 1.60. The Kier molecular flexibility index (Phi) is 3.49. The van der Waals surface area contributed by atoms with Crippen molar-refractivity contribution in [2.24, 2.45) is 0 Å². The largest absolute Gasteiger partial charge is 0.478 e. The number of thioether (sulfide) groups is 1. The number of hydrogen-bond acceptors (Lipinski definition) is 4. The third kappa shape index (κ3) is 2.30. The Morgan fingerprint density at radius 3 is 2.67 bits per heavy atom. The fourth-order valence-electron chi connectivity index (χ4n) is 1.50. The molecule has 1 N–H and O–H groups in total. The van der Waals surface area contributed by atoms with Crippen LogP contribution in [0.25, 0.3) is 6.08 Å². The Labute approximate surface area is 113 Å². The third-order valence-electron chi connectivity index (χ3n) is 2.46. The second-order valence-electron chi connectivity index (χ2n) is 3.63. The van der Waals surface area contributed by atoms with E-state index in [1.165, 1.54) is 22.7 Å². The van der Waals surface area contributed by atoms with Crippen LogP contribution < -0.4 is 0 Å². The van der Waals surface area contributed by atoms with E-state index in [0.717, 1.165) is 0 Å². The van der Waals surface area contributed by atoms with E-state index in [9.17, 15) is 9.59 Å². The first-order valence-electron chi connectivity index (χ1n) is 5.04. The van der Waals surface area contributed by atoms with Gasteiger partial charge in [-0.3, -0.25) is 9.69 Å². The molecule has 0 unspecified atom stereocenters. The number of aromatic carboxylic acids is 1. The first-order valence-corrected chi connectivity index (χ1v) is 6.27. The van der Waals surface area contributed by atoms with Crippen LogP contribution in [0.1, 0.15) is 15.9 Å². The van der Waals surface area contributed by atoms with Crippen LogP contribution in [0.15, 0.2) is 29.2 Å². The molecule has 1 aliphatic heterocycles. The van der Waals surface area contributed by atoms with Crippen LogP contribution in [0.4, 0.5) is 0 Å². The number of thiocarbonyl (C=S) groups is 1. The summed E-state index contributed by atoms with van der Waals surface area (Å²) < 4.78 is 0.471. The summed E-state index contributed by atoms with van der Waals surface area (Å²) in [6.45, 7) is 0. The summed E-state index contributed by atoms with van der Waals surface area (Å²) in [4.78, 5) is 24.7. The van der Waals surface area contributed by atoms with Crippen LogP contribution in [0.3, 0.4) is 0 Å². The second-order valence-corrected chi connectivity index (χ2v) is 5.31. The number of carboxylic acids is 1. The van der Waals surface area contributed by atoms with E-state index in [1.807, 2.05) is 0 Å². The molecule has 1 aromatic rings. The smallest absolute Gasteiger partial charge is 0.336 e. The summed E-state index contributed by atoms with van der Waals surface area (Å²) in [6.07, 6.45) is 1.56. The van der Waals surface area contributed by atoms with E-state index in [0.29, 0.717) is 14.8 Å². The van der Waals surface area contributed by atoms with Crippen molar-refractivity contribution in [3.8, 4) is 0 Å². The number of carbonyl (C=O) groups excluding carboxylic acids is 1. The van der Waals surface area contributed by atoms with Gasteiger partial charge in [-0.25, -0.2) is 4.79 Å². The molecule has 0 bridgehead atoms. The van der Waals surface area contributed by atoms with Gasteiger partial charge in [0.25, 0.3) is 5.91 Å². The predicted octanol–water partition coefficient (Wildman–Crippen LogP) is 2.22. The van der Waals surface area contributed by atoms with Crippen LogP contribution >= 0.6 is 24.0 Å². The SMILES string of the molecule is CN1C(=O)/C(=C\c2ccccc2C(=O)O)SC1=S. The quantitative estimate of drug-likeness (QED) is 0.664.